The summed E-state index contributed by atoms with van der Waals surface area (Å²) in [5.74, 6) is 1.52. The van der Waals surface area contributed by atoms with E-state index in [1.54, 1.807) is 20.5 Å². The summed E-state index contributed by atoms with van der Waals surface area (Å²) in [4.78, 5) is 0. The summed E-state index contributed by atoms with van der Waals surface area (Å²) in [6.07, 6.45) is 6.32. The Morgan fingerprint density at radius 2 is 2.11 bits per heavy atom. The second-order valence-corrected chi connectivity index (χ2v) is 4.53. The maximum absolute atomic E-state index is 5.51. The molecule has 0 amide bonds. The van der Waals surface area contributed by atoms with Crippen molar-refractivity contribution in [3.05, 3.63) is 36.1 Å². The highest BCUT2D eigenvalue weighted by Gasteiger charge is 2.10. The lowest BCUT2D eigenvalue weighted by molar-refractivity contribution is 0.122. The van der Waals surface area contributed by atoms with Gasteiger partial charge in [0.05, 0.1) is 20.5 Å². The van der Waals surface area contributed by atoms with Crippen LogP contribution in [0.5, 0.6) is 11.5 Å². The molecule has 1 aliphatic heterocycles. The SMILES string of the molecule is COc1ccc(CNC[C@@H]2CCC=CO2)cc1OC. The minimum Gasteiger partial charge on any atom is -0.497 e. The van der Waals surface area contributed by atoms with E-state index in [2.05, 4.69) is 11.4 Å². The Morgan fingerprint density at radius 1 is 1.26 bits per heavy atom. The van der Waals surface area contributed by atoms with Crippen LogP contribution in [0.2, 0.25) is 0 Å². The van der Waals surface area contributed by atoms with E-state index < -0.39 is 0 Å². The van der Waals surface area contributed by atoms with Gasteiger partial charge in [0.1, 0.15) is 6.10 Å². The Labute approximate surface area is 114 Å². The fourth-order valence-electron chi connectivity index (χ4n) is 2.10. The van der Waals surface area contributed by atoms with Gasteiger partial charge >= 0.3 is 0 Å². The maximum Gasteiger partial charge on any atom is 0.161 e. The summed E-state index contributed by atoms with van der Waals surface area (Å²) in [7, 11) is 3.29. The number of hydrogen-bond acceptors (Lipinski definition) is 4. The number of nitrogens with one attached hydrogen (secondary N) is 1. The van der Waals surface area contributed by atoms with Crippen LogP contribution in [0, 0.1) is 0 Å². The molecule has 0 fully saturated rings. The predicted octanol–water partition coefficient (Wildman–Crippen LogP) is 2.49. The summed E-state index contributed by atoms with van der Waals surface area (Å²) >= 11 is 0. The molecule has 1 atom stereocenters. The van der Waals surface area contributed by atoms with Gasteiger partial charge in [-0.15, -0.1) is 0 Å². The summed E-state index contributed by atoms with van der Waals surface area (Å²) in [6, 6.07) is 5.96. The highest BCUT2D eigenvalue weighted by atomic mass is 16.5. The maximum atomic E-state index is 5.51. The fourth-order valence-corrected chi connectivity index (χ4v) is 2.10. The molecule has 0 unspecified atom stereocenters. The van der Waals surface area contributed by atoms with Crippen molar-refractivity contribution in [1.82, 2.24) is 5.32 Å². The lowest BCUT2D eigenvalue weighted by atomic mass is 10.1. The molecule has 0 spiro atoms. The summed E-state index contributed by atoms with van der Waals surface area (Å²) in [5, 5.41) is 3.40. The normalized spacial score (nSPS) is 17.9. The van der Waals surface area contributed by atoms with Gasteiger partial charge in [-0.2, -0.15) is 0 Å². The van der Waals surface area contributed by atoms with Crippen LogP contribution >= 0.6 is 0 Å². The quantitative estimate of drug-likeness (QED) is 0.856. The van der Waals surface area contributed by atoms with Gasteiger partial charge in [-0.1, -0.05) is 6.07 Å². The zero-order valence-electron chi connectivity index (χ0n) is 11.5. The fraction of sp³-hybridized carbons (Fsp3) is 0.467. The third kappa shape index (κ3) is 3.89. The topological polar surface area (TPSA) is 39.7 Å². The van der Waals surface area contributed by atoms with E-state index in [1.165, 1.54) is 5.56 Å². The van der Waals surface area contributed by atoms with Gasteiger partial charge in [0.2, 0.25) is 0 Å². The second-order valence-electron chi connectivity index (χ2n) is 4.53. The predicted molar refractivity (Wildman–Crippen MR) is 74.5 cm³/mol. The number of benzene rings is 1. The number of allylic oxidation sites excluding steroid dienone is 1. The third-order valence-corrected chi connectivity index (χ3v) is 3.17. The van der Waals surface area contributed by atoms with Gasteiger partial charge < -0.3 is 19.5 Å². The molecule has 19 heavy (non-hydrogen) atoms. The summed E-state index contributed by atoms with van der Waals surface area (Å²) < 4.78 is 16.0. The first-order chi connectivity index (χ1) is 9.33. The van der Waals surface area contributed by atoms with Crippen molar-refractivity contribution in [1.29, 1.82) is 0 Å². The van der Waals surface area contributed by atoms with E-state index in [-0.39, 0.29) is 6.10 Å². The van der Waals surface area contributed by atoms with Gasteiger partial charge in [-0.3, -0.25) is 0 Å². The minimum absolute atomic E-state index is 0.283. The van der Waals surface area contributed by atoms with E-state index in [0.717, 1.165) is 37.4 Å². The van der Waals surface area contributed by atoms with E-state index in [4.69, 9.17) is 14.2 Å². The Morgan fingerprint density at radius 3 is 2.79 bits per heavy atom. The highest BCUT2D eigenvalue weighted by molar-refractivity contribution is 5.42. The molecule has 1 N–H and O–H groups in total. The number of rotatable bonds is 6. The lowest BCUT2D eigenvalue weighted by Crippen LogP contribution is -2.28. The number of methoxy groups -OCH3 is 2. The molecule has 1 aromatic carbocycles. The molecule has 0 saturated heterocycles. The van der Waals surface area contributed by atoms with E-state index in [1.807, 2.05) is 18.2 Å². The van der Waals surface area contributed by atoms with E-state index in [0.29, 0.717) is 0 Å². The second kappa shape index (κ2) is 7.04. The molecule has 4 heteroatoms. The molecule has 1 aliphatic rings. The van der Waals surface area contributed by atoms with E-state index in [9.17, 15) is 0 Å². The van der Waals surface area contributed by atoms with Crippen LogP contribution < -0.4 is 14.8 Å². The van der Waals surface area contributed by atoms with E-state index >= 15 is 0 Å². The molecule has 4 nitrogen and oxygen atoms in total. The smallest absolute Gasteiger partial charge is 0.161 e. The summed E-state index contributed by atoms with van der Waals surface area (Å²) in [6.45, 7) is 1.66. The van der Waals surface area contributed by atoms with Crippen LogP contribution in [0.15, 0.2) is 30.5 Å². The molecular formula is C15H21NO3. The van der Waals surface area contributed by atoms with Gasteiger partial charge in [-0.05, 0) is 36.6 Å². The van der Waals surface area contributed by atoms with Gasteiger partial charge in [0.15, 0.2) is 11.5 Å². The van der Waals surface area contributed by atoms with Crippen LogP contribution in [0.4, 0.5) is 0 Å². The first kappa shape index (κ1) is 13.7. The van der Waals surface area contributed by atoms with Crippen molar-refractivity contribution in [3.63, 3.8) is 0 Å². The van der Waals surface area contributed by atoms with Crippen molar-refractivity contribution in [2.45, 2.75) is 25.5 Å². The Hall–Kier alpha value is -1.68. The zero-order chi connectivity index (χ0) is 13.5. The molecule has 1 heterocycles. The van der Waals surface area contributed by atoms with Crippen LogP contribution in [-0.2, 0) is 11.3 Å². The average Bonchev–Trinajstić information content (AvgIpc) is 2.48. The van der Waals surface area contributed by atoms with Crippen molar-refractivity contribution >= 4 is 0 Å². The van der Waals surface area contributed by atoms with Crippen LogP contribution in [0.1, 0.15) is 18.4 Å². The highest BCUT2D eigenvalue weighted by Crippen LogP contribution is 2.27. The third-order valence-electron chi connectivity index (χ3n) is 3.17. The van der Waals surface area contributed by atoms with Crippen LogP contribution in [0.3, 0.4) is 0 Å². The van der Waals surface area contributed by atoms with Crippen molar-refractivity contribution in [2.24, 2.45) is 0 Å². The minimum atomic E-state index is 0.283. The number of hydrogen-bond donors (Lipinski definition) is 1. The van der Waals surface area contributed by atoms with Gasteiger partial charge in [0, 0.05) is 13.1 Å². The first-order valence-electron chi connectivity index (χ1n) is 6.55. The molecule has 0 aromatic heterocycles. The molecule has 0 bridgehead atoms. The Balaban J connectivity index is 1.83. The molecule has 0 aliphatic carbocycles. The lowest BCUT2D eigenvalue weighted by Gasteiger charge is -2.19. The van der Waals surface area contributed by atoms with Crippen molar-refractivity contribution in [2.75, 3.05) is 20.8 Å². The standard InChI is InChI=1S/C15H21NO3/c1-17-14-7-6-12(9-15(14)18-2)10-16-11-13-5-3-4-8-19-13/h4,6-9,13,16H,3,5,10-11H2,1-2H3/t13-/m0/s1. The first-order valence-corrected chi connectivity index (χ1v) is 6.55. The molecule has 1 aromatic rings. The molecule has 104 valence electrons. The molecular weight excluding hydrogens is 242 g/mol. The Kier molecular flexibility index (Phi) is 5.10. The molecule has 0 radical (unpaired) electrons. The van der Waals surface area contributed by atoms with Crippen molar-refractivity contribution in [3.8, 4) is 11.5 Å². The van der Waals surface area contributed by atoms with Crippen LogP contribution in [0.25, 0.3) is 0 Å². The Bertz CT molecular complexity index is 431. The van der Waals surface area contributed by atoms with Gasteiger partial charge in [0.25, 0.3) is 0 Å². The largest absolute Gasteiger partial charge is 0.497 e. The average molecular weight is 263 g/mol. The number of ether oxygens (including phenoxy) is 3. The molecule has 0 saturated carbocycles. The zero-order valence-corrected chi connectivity index (χ0v) is 11.5. The van der Waals surface area contributed by atoms with Crippen molar-refractivity contribution < 1.29 is 14.2 Å². The van der Waals surface area contributed by atoms with Crippen LogP contribution in [-0.4, -0.2) is 26.9 Å². The molecule has 2 rings (SSSR count). The van der Waals surface area contributed by atoms with Gasteiger partial charge in [-0.25, -0.2) is 0 Å². The monoisotopic (exact) mass is 263 g/mol. The summed E-state index contributed by atoms with van der Waals surface area (Å²) in [5.41, 5.74) is 1.17.